The standard InChI is InChI=1S/C13H15FO3/c1-8(2)17-12-5-4-10(7-11(12)14)9(3)6-13(15)16/h4-8H,1-3H3,(H,15,16)/b9-6+. The van der Waals surface area contributed by atoms with E-state index in [1.165, 1.54) is 12.1 Å². The number of hydrogen-bond donors (Lipinski definition) is 1. The molecule has 1 N–H and O–H groups in total. The average Bonchev–Trinajstić information content (AvgIpc) is 2.19. The van der Waals surface area contributed by atoms with E-state index in [1.807, 2.05) is 13.8 Å². The number of aliphatic carboxylic acids is 1. The van der Waals surface area contributed by atoms with Crippen molar-refractivity contribution < 1.29 is 19.0 Å². The van der Waals surface area contributed by atoms with Gasteiger partial charge in [-0.1, -0.05) is 6.07 Å². The Bertz CT molecular complexity index is 450. The van der Waals surface area contributed by atoms with E-state index >= 15 is 0 Å². The van der Waals surface area contributed by atoms with Crippen molar-refractivity contribution in [3.8, 4) is 5.75 Å². The van der Waals surface area contributed by atoms with E-state index < -0.39 is 11.8 Å². The highest BCUT2D eigenvalue weighted by Crippen LogP contribution is 2.23. The summed E-state index contributed by atoms with van der Waals surface area (Å²) in [6, 6.07) is 4.41. The largest absolute Gasteiger partial charge is 0.488 e. The number of carbonyl (C=O) groups is 1. The second-order valence-electron chi connectivity index (χ2n) is 3.98. The summed E-state index contributed by atoms with van der Waals surface area (Å²) >= 11 is 0. The highest BCUT2D eigenvalue weighted by Gasteiger charge is 2.07. The minimum atomic E-state index is -1.05. The molecule has 0 unspecified atom stereocenters. The van der Waals surface area contributed by atoms with Crippen molar-refractivity contribution in [3.05, 3.63) is 35.7 Å². The summed E-state index contributed by atoms with van der Waals surface area (Å²) in [7, 11) is 0. The van der Waals surface area contributed by atoms with E-state index in [0.29, 0.717) is 11.1 Å². The van der Waals surface area contributed by atoms with Gasteiger partial charge in [0.25, 0.3) is 0 Å². The van der Waals surface area contributed by atoms with E-state index in [-0.39, 0.29) is 11.9 Å². The van der Waals surface area contributed by atoms with Crippen LogP contribution in [0.4, 0.5) is 4.39 Å². The Morgan fingerprint density at radius 3 is 2.59 bits per heavy atom. The molecule has 0 saturated heterocycles. The number of carboxylic acid groups (broad SMARTS) is 1. The van der Waals surface area contributed by atoms with Gasteiger partial charge in [0.2, 0.25) is 0 Å². The van der Waals surface area contributed by atoms with Crippen molar-refractivity contribution >= 4 is 11.5 Å². The third-order valence-electron chi connectivity index (χ3n) is 2.09. The lowest BCUT2D eigenvalue weighted by molar-refractivity contribution is -0.131. The molecule has 0 bridgehead atoms. The smallest absolute Gasteiger partial charge is 0.328 e. The van der Waals surface area contributed by atoms with Crippen molar-refractivity contribution in [3.63, 3.8) is 0 Å². The van der Waals surface area contributed by atoms with Crippen LogP contribution in [0.1, 0.15) is 26.3 Å². The highest BCUT2D eigenvalue weighted by molar-refractivity contribution is 5.89. The molecule has 92 valence electrons. The van der Waals surface area contributed by atoms with E-state index in [1.54, 1.807) is 13.0 Å². The van der Waals surface area contributed by atoms with Crippen molar-refractivity contribution in [2.75, 3.05) is 0 Å². The summed E-state index contributed by atoms with van der Waals surface area (Å²) in [6.07, 6.45) is 0.934. The Balaban J connectivity index is 3.00. The van der Waals surface area contributed by atoms with Gasteiger partial charge < -0.3 is 9.84 Å². The molecule has 0 spiro atoms. The SMILES string of the molecule is C/C(=C\C(=O)O)c1ccc(OC(C)C)c(F)c1. The Kier molecular flexibility index (Phi) is 4.26. The van der Waals surface area contributed by atoms with E-state index in [4.69, 9.17) is 9.84 Å². The zero-order valence-electron chi connectivity index (χ0n) is 10.0. The van der Waals surface area contributed by atoms with Gasteiger partial charge in [-0.05, 0) is 44.0 Å². The summed E-state index contributed by atoms with van der Waals surface area (Å²) in [5.74, 6) is -1.37. The molecule has 0 aliphatic heterocycles. The first-order valence-electron chi connectivity index (χ1n) is 5.28. The molecule has 1 aromatic rings. The maximum absolute atomic E-state index is 13.6. The van der Waals surface area contributed by atoms with Gasteiger partial charge >= 0.3 is 5.97 Å². The van der Waals surface area contributed by atoms with E-state index in [9.17, 15) is 9.18 Å². The Labute approximate surface area is 99.5 Å². The normalized spacial score (nSPS) is 11.7. The van der Waals surface area contributed by atoms with Gasteiger partial charge in [-0.3, -0.25) is 0 Å². The molecule has 0 radical (unpaired) electrons. The third-order valence-corrected chi connectivity index (χ3v) is 2.09. The monoisotopic (exact) mass is 238 g/mol. The van der Waals surface area contributed by atoms with Gasteiger partial charge in [-0.25, -0.2) is 9.18 Å². The van der Waals surface area contributed by atoms with Gasteiger partial charge in [0.1, 0.15) is 0 Å². The van der Waals surface area contributed by atoms with E-state index in [2.05, 4.69) is 0 Å². The van der Waals surface area contributed by atoms with Crippen LogP contribution in [0.5, 0.6) is 5.75 Å². The molecular formula is C13H15FO3. The summed E-state index contributed by atoms with van der Waals surface area (Å²) in [5.41, 5.74) is 1.02. The Hall–Kier alpha value is -1.84. The fraction of sp³-hybridized carbons (Fsp3) is 0.308. The van der Waals surface area contributed by atoms with Crippen LogP contribution >= 0.6 is 0 Å². The number of halogens is 1. The van der Waals surface area contributed by atoms with Gasteiger partial charge in [0.15, 0.2) is 11.6 Å². The van der Waals surface area contributed by atoms with Crippen molar-refractivity contribution in [2.24, 2.45) is 0 Å². The van der Waals surface area contributed by atoms with Crippen molar-refractivity contribution in [1.29, 1.82) is 0 Å². The lowest BCUT2D eigenvalue weighted by Crippen LogP contribution is -2.07. The summed E-state index contributed by atoms with van der Waals surface area (Å²) in [5, 5.41) is 8.59. The number of carboxylic acids is 1. The van der Waals surface area contributed by atoms with Crippen LogP contribution in [0.3, 0.4) is 0 Å². The molecule has 1 aromatic carbocycles. The van der Waals surface area contributed by atoms with Crippen LogP contribution in [-0.4, -0.2) is 17.2 Å². The first-order chi connectivity index (χ1) is 7.90. The van der Waals surface area contributed by atoms with Crippen LogP contribution in [0.25, 0.3) is 5.57 Å². The van der Waals surface area contributed by atoms with Crippen LogP contribution in [0.15, 0.2) is 24.3 Å². The maximum Gasteiger partial charge on any atom is 0.328 e. The molecule has 17 heavy (non-hydrogen) atoms. The minimum absolute atomic E-state index is 0.106. The number of ether oxygens (including phenoxy) is 1. The summed E-state index contributed by atoms with van der Waals surface area (Å²) in [6.45, 7) is 5.23. The topological polar surface area (TPSA) is 46.5 Å². The Morgan fingerprint density at radius 2 is 2.12 bits per heavy atom. The molecule has 0 atom stereocenters. The van der Waals surface area contributed by atoms with Crippen molar-refractivity contribution in [2.45, 2.75) is 26.9 Å². The lowest BCUT2D eigenvalue weighted by Gasteiger charge is -2.11. The molecule has 1 rings (SSSR count). The molecule has 0 heterocycles. The van der Waals surface area contributed by atoms with Gasteiger partial charge in [0.05, 0.1) is 6.10 Å². The van der Waals surface area contributed by atoms with Gasteiger partial charge in [-0.2, -0.15) is 0 Å². The maximum atomic E-state index is 13.6. The first-order valence-corrected chi connectivity index (χ1v) is 5.28. The predicted octanol–water partition coefficient (Wildman–Crippen LogP) is 3.10. The first kappa shape index (κ1) is 13.2. The quantitative estimate of drug-likeness (QED) is 0.820. The van der Waals surface area contributed by atoms with Crippen LogP contribution in [0.2, 0.25) is 0 Å². The molecule has 0 amide bonds. The van der Waals surface area contributed by atoms with Crippen LogP contribution in [-0.2, 0) is 4.79 Å². The predicted molar refractivity (Wildman–Crippen MR) is 63.5 cm³/mol. The third kappa shape index (κ3) is 3.90. The molecule has 0 aromatic heterocycles. The van der Waals surface area contributed by atoms with Crippen LogP contribution in [0, 0.1) is 5.82 Å². The van der Waals surface area contributed by atoms with Crippen molar-refractivity contribution in [1.82, 2.24) is 0 Å². The number of rotatable bonds is 4. The van der Waals surface area contributed by atoms with E-state index in [0.717, 1.165) is 6.08 Å². The fourth-order valence-corrected chi connectivity index (χ4v) is 1.36. The molecule has 0 fully saturated rings. The van der Waals surface area contributed by atoms with Crippen LogP contribution < -0.4 is 4.74 Å². The molecule has 4 heteroatoms. The molecule has 0 aliphatic rings. The zero-order chi connectivity index (χ0) is 13.0. The summed E-state index contributed by atoms with van der Waals surface area (Å²) < 4.78 is 18.9. The number of allylic oxidation sites excluding steroid dienone is 1. The van der Waals surface area contributed by atoms with Gasteiger partial charge in [0, 0.05) is 6.08 Å². The number of hydrogen-bond acceptors (Lipinski definition) is 2. The second-order valence-corrected chi connectivity index (χ2v) is 3.98. The fourth-order valence-electron chi connectivity index (χ4n) is 1.36. The molecular weight excluding hydrogens is 223 g/mol. The number of benzene rings is 1. The minimum Gasteiger partial charge on any atom is -0.488 e. The Morgan fingerprint density at radius 1 is 1.47 bits per heavy atom. The molecule has 0 aliphatic carbocycles. The zero-order valence-corrected chi connectivity index (χ0v) is 10.0. The van der Waals surface area contributed by atoms with Gasteiger partial charge in [-0.15, -0.1) is 0 Å². The molecule has 3 nitrogen and oxygen atoms in total. The summed E-state index contributed by atoms with van der Waals surface area (Å²) in [4.78, 5) is 10.5. The molecule has 0 saturated carbocycles. The highest BCUT2D eigenvalue weighted by atomic mass is 19.1. The lowest BCUT2D eigenvalue weighted by atomic mass is 10.1. The second kappa shape index (κ2) is 5.48. The average molecular weight is 238 g/mol.